The summed E-state index contributed by atoms with van der Waals surface area (Å²) >= 11 is 1.29. The summed E-state index contributed by atoms with van der Waals surface area (Å²) in [5, 5.41) is 12.4. The Hall–Kier alpha value is -3.26. The van der Waals surface area contributed by atoms with Gasteiger partial charge in [-0.1, -0.05) is 6.07 Å². The number of amides is 1. The molecule has 0 aliphatic carbocycles. The molecule has 1 aliphatic heterocycles. The zero-order valence-electron chi connectivity index (χ0n) is 14.9. The molecule has 0 saturated heterocycles. The number of Topliss-reactive ketones (excluding diaryl/α,β-unsaturated/α-hetero) is 1. The number of hydrogen-bond acceptors (Lipinski definition) is 6. The van der Waals surface area contributed by atoms with Crippen LogP contribution in [0.25, 0.3) is 0 Å². The summed E-state index contributed by atoms with van der Waals surface area (Å²) in [6.07, 6.45) is 9.17. The van der Waals surface area contributed by atoms with E-state index in [9.17, 15) is 14.7 Å². The van der Waals surface area contributed by atoms with Gasteiger partial charge in [0.05, 0.1) is 22.8 Å². The molecular weight excluding hydrogens is 376 g/mol. The van der Waals surface area contributed by atoms with Gasteiger partial charge in [-0.25, -0.2) is 4.98 Å². The van der Waals surface area contributed by atoms with Crippen LogP contribution >= 0.6 is 11.3 Å². The predicted octanol–water partition coefficient (Wildman–Crippen LogP) is 3.01. The molecule has 0 spiro atoms. The lowest BCUT2D eigenvalue weighted by molar-refractivity contribution is -0.129. The SMILES string of the molecule is O=C(C1=C(O)C(=O)N(CCCn2ccnc2)[C@@H]1c1ccncc1)c1cccs1. The molecule has 0 fully saturated rings. The Morgan fingerprint density at radius 1 is 1.14 bits per heavy atom. The molecule has 3 aromatic rings. The molecule has 0 unspecified atom stereocenters. The summed E-state index contributed by atoms with van der Waals surface area (Å²) in [6.45, 7) is 1.08. The molecular formula is C20H18N4O3S. The van der Waals surface area contributed by atoms with Crippen molar-refractivity contribution in [1.29, 1.82) is 0 Å². The molecule has 1 N–H and O–H groups in total. The molecule has 0 saturated carbocycles. The van der Waals surface area contributed by atoms with Crippen LogP contribution in [-0.4, -0.2) is 42.8 Å². The molecule has 142 valence electrons. The number of carbonyl (C=O) groups excluding carboxylic acids is 2. The third kappa shape index (κ3) is 3.34. The standard InChI is InChI=1S/C20H18N4O3S/c25-18(15-3-1-12-28-15)16-17(14-4-6-21-7-5-14)24(20(27)19(16)26)10-2-9-23-11-8-22-13-23/h1,3-8,11-13,17,26H,2,9-10H2/t17-/m1/s1. The number of rotatable bonds is 7. The topological polar surface area (TPSA) is 88.3 Å². The van der Waals surface area contributed by atoms with Crippen LogP contribution in [0, 0.1) is 0 Å². The van der Waals surface area contributed by atoms with Crippen LogP contribution in [0.1, 0.15) is 27.7 Å². The maximum Gasteiger partial charge on any atom is 0.290 e. The average Bonchev–Trinajstić information content (AvgIpc) is 3.46. The van der Waals surface area contributed by atoms with E-state index >= 15 is 0 Å². The minimum atomic E-state index is -0.632. The second-order valence-corrected chi connectivity index (χ2v) is 7.35. The number of hydrogen-bond donors (Lipinski definition) is 1. The van der Waals surface area contributed by atoms with Gasteiger partial charge in [-0.15, -0.1) is 11.3 Å². The minimum Gasteiger partial charge on any atom is -0.503 e. The van der Waals surface area contributed by atoms with Crippen molar-refractivity contribution in [3.8, 4) is 0 Å². The predicted molar refractivity (Wildman–Crippen MR) is 104 cm³/mol. The van der Waals surface area contributed by atoms with Crippen molar-refractivity contribution >= 4 is 23.0 Å². The van der Waals surface area contributed by atoms with E-state index in [2.05, 4.69) is 9.97 Å². The van der Waals surface area contributed by atoms with Gasteiger partial charge in [-0.05, 0) is 35.6 Å². The third-order valence-electron chi connectivity index (χ3n) is 4.69. The number of pyridine rings is 1. The number of nitrogens with zero attached hydrogens (tertiary/aromatic N) is 4. The number of aryl methyl sites for hydroxylation is 1. The molecule has 1 aliphatic rings. The van der Waals surface area contributed by atoms with Crippen LogP contribution in [0.5, 0.6) is 0 Å². The van der Waals surface area contributed by atoms with Crippen molar-refractivity contribution in [1.82, 2.24) is 19.4 Å². The van der Waals surface area contributed by atoms with Crippen molar-refractivity contribution in [3.05, 3.63) is 82.5 Å². The monoisotopic (exact) mass is 394 g/mol. The first-order chi connectivity index (χ1) is 13.7. The van der Waals surface area contributed by atoms with Crippen molar-refractivity contribution < 1.29 is 14.7 Å². The van der Waals surface area contributed by atoms with Crippen LogP contribution < -0.4 is 0 Å². The Morgan fingerprint density at radius 2 is 1.96 bits per heavy atom. The maximum absolute atomic E-state index is 13.0. The normalized spacial score (nSPS) is 16.8. The Morgan fingerprint density at radius 3 is 2.64 bits per heavy atom. The second kappa shape index (κ2) is 7.77. The Labute approximate surface area is 165 Å². The van der Waals surface area contributed by atoms with Crippen LogP contribution in [0.15, 0.2) is 72.1 Å². The largest absolute Gasteiger partial charge is 0.503 e. The first-order valence-corrected chi connectivity index (χ1v) is 9.72. The summed E-state index contributed by atoms with van der Waals surface area (Å²) in [5.74, 6) is -1.31. The highest BCUT2D eigenvalue weighted by atomic mass is 32.1. The zero-order chi connectivity index (χ0) is 19.5. The molecule has 1 atom stereocenters. The fourth-order valence-corrected chi connectivity index (χ4v) is 4.07. The van der Waals surface area contributed by atoms with Gasteiger partial charge >= 0.3 is 0 Å². The molecule has 3 aromatic heterocycles. The smallest absolute Gasteiger partial charge is 0.290 e. The van der Waals surface area contributed by atoms with Gasteiger partial charge in [0.1, 0.15) is 0 Å². The summed E-state index contributed by atoms with van der Waals surface area (Å²) in [6, 6.07) is 6.37. The molecule has 0 bridgehead atoms. The maximum atomic E-state index is 13.0. The fourth-order valence-electron chi connectivity index (χ4n) is 3.39. The number of aliphatic hydroxyl groups is 1. The average molecular weight is 394 g/mol. The number of ketones is 1. The van der Waals surface area contributed by atoms with Gasteiger partial charge in [0.25, 0.3) is 5.91 Å². The molecule has 0 aromatic carbocycles. The van der Waals surface area contributed by atoms with Crippen LogP contribution in [-0.2, 0) is 11.3 Å². The number of thiophene rings is 1. The van der Waals surface area contributed by atoms with Gasteiger partial charge < -0.3 is 14.6 Å². The van der Waals surface area contributed by atoms with Crippen molar-refractivity contribution in [2.75, 3.05) is 6.54 Å². The third-order valence-corrected chi connectivity index (χ3v) is 5.56. The minimum absolute atomic E-state index is 0.126. The number of imidazole rings is 1. The lowest BCUT2D eigenvalue weighted by Gasteiger charge is -2.26. The second-order valence-electron chi connectivity index (χ2n) is 6.40. The van der Waals surface area contributed by atoms with Gasteiger partial charge in [0, 0.05) is 37.9 Å². The van der Waals surface area contributed by atoms with E-state index in [4.69, 9.17) is 0 Å². The van der Waals surface area contributed by atoms with Crippen LogP contribution in [0.2, 0.25) is 0 Å². The first kappa shape index (κ1) is 18.1. The summed E-state index contributed by atoms with van der Waals surface area (Å²) < 4.78 is 1.92. The van der Waals surface area contributed by atoms with Gasteiger partial charge in [-0.3, -0.25) is 14.6 Å². The zero-order valence-corrected chi connectivity index (χ0v) is 15.7. The highest BCUT2D eigenvalue weighted by Gasteiger charge is 2.43. The van der Waals surface area contributed by atoms with Crippen molar-refractivity contribution in [2.45, 2.75) is 19.0 Å². The molecule has 1 amide bonds. The Bertz CT molecular complexity index is 998. The molecule has 28 heavy (non-hydrogen) atoms. The van der Waals surface area contributed by atoms with Crippen LogP contribution in [0.4, 0.5) is 0 Å². The Balaban J connectivity index is 1.64. The van der Waals surface area contributed by atoms with Gasteiger partial charge in [0.2, 0.25) is 5.78 Å². The van der Waals surface area contributed by atoms with E-state index < -0.39 is 17.7 Å². The van der Waals surface area contributed by atoms with Gasteiger partial charge in [0.15, 0.2) is 5.76 Å². The lowest BCUT2D eigenvalue weighted by atomic mass is 9.96. The van der Waals surface area contributed by atoms with E-state index in [-0.39, 0.29) is 11.4 Å². The van der Waals surface area contributed by atoms with Crippen molar-refractivity contribution in [2.24, 2.45) is 0 Å². The van der Waals surface area contributed by atoms with E-state index in [1.54, 1.807) is 59.5 Å². The molecule has 7 nitrogen and oxygen atoms in total. The van der Waals surface area contributed by atoms with E-state index in [1.807, 2.05) is 10.8 Å². The van der Waals surface area contributed by atoms with E-state index in [0.717, 1.165) is 5.56 Å². The molecule has 4 heterocycles. The number of aliphatic hydroxyl groups excluding tert-OH is 1. The quantitative estimate of drug-likeness (QED) is 0.623. The summed E-state index contributed by atoms with van der Waals surface area (Å²) in [4.78, 5) is 35.9. The van der Waals surface area contributed by atoms with Crippen molar-refractivity contribution in [3.63, 3.8) is 0 Å². The molecule has 8 heteroatoms. The number of aromatic nitrogens is 3. The fraction of sp³-hybridized carbons (Fsp3) is 0.200. The lowest BCUT2D eigenvalue weighted by Crippen LogP contribution is -2.32. The Kier molecular flexibility index (Phi) is 5.03. The highest BCUT2D eigenvalue weighted by Crippen LogP contribution is 2.39. The first-order valence-electron chi connectivity index (χ1n) is 8.85. The van der Waals surface area contributed by atoms with E-state index in [0.29, 0.717) is 24.4 Å². The molecule has 0 radical (unpaired) electrons. The van der Waals surface area contributed by atoms with Gasteiger partial charge in [-0.2, -0.15) is 0 Å². The summed E-state index contributed by atoms with van der Waals surface area (Å²) in [7, 11) is 0. The summed E-state index contributed by atoms with van der Waals surface area (Å²) in [5.41, 5.74) is 0.871. The molecule has 4 rings (SSSR count). The number of carbonyl (C=O) groups is 2. The highest BCUT2D eigenvalue weighted by molar-refractivity contribution is 7.12. The van der Waals surface area contributed by atoms with Crippen LogP contribution in [0.3, 0.4) is 0 Å². The van der Waals surface area contributed by atoms with E-state index in [1.165, 1.54) is 11.3 Å².